The molecule has 0 N–H and O–H groups in total. The number of unbranched alkanes of at least 4 members (excludes halogenated alkanes) is 10. The Morgan fingerprint density at radius 2 is 1.43 bits per heavy atom. The van der Waals surface area contributed by atoms with Crippen molar-refractivity contribution in [3.05, 3.63) is 36.9 Å². The maximum absolute atomic E-state index is 5.93. The van der Waals surface area contributed by atoms with E-state index in [1.807, 2.05) is 6.08 Å². The number of anilines is 1. The maximum Gasteiger partial charge on any atom is 0.119 e. The second-order valence-electron chi connectivity index (χ2n) is 8.78. The molecule has 3 heteroatoms. The number of hydrogen-bond donors (Lipinski definition) is 0. The van der Waals surface area contributed by atoms with Gasteiger partial charge in [-0.3, -0.25) is 4.90 Å². The molecule has 1 aromatic carbocycles. The van der Waals surface area contributed by atoms with E-state index in [0.717, 1.165) is 38.3 Å². The third-order valence-corrected chi connectivity index (χ3v) is 6.22. The van der Waals surface area contributed by atoms with Crippen LogP contribution in [-0.2, 0) is 0 Å². The van der Waals surface area contributed by atoms with Gasteiger partial charge in [0.1, 0.15) is 5.75 Å². The lowest BCUT2D eigenvalue weighted by Crippen LogP contribution is -2.46. The van der Waals surface area contributed by atoms with Gasteiger partial charge >= 0.3 is 0 Å². The molecule has 3 nitrogen and oxygen atoms in total. The van der Waals surface area contributed by atoms with Crippen LogP contribution in [0, 0.1) is 0 Å². The summed E-state index contributed by atoms with van der Waals surface area (Å²) >= 11 is 0. The Labute approximate surface area is 186 Å². The molecule has 0 radical (unpaired) electrons. The minimum Gasteiger partial charge on any atom is -0.494 e. The summed E-state index contributed by atoms with van der Waals surface area (Å²) in [5.41, 5.74) is 1.34. The summed E-state index contributed by atoms with van der Waals surface area (Å²) in [6, 6.07) is 8.74. The number of nitrogens with zero attached hydrogens (tertiary/aromatic N) is 2. The van der Waals surface area contributed by atoms with E-state index < -0.39 is 0 Å². The fraction of sp³-hybridized carbons (Fsp3) is 0.704. The summed E-state index contributed by atoms with van der Waals surface area (Å²) in [7, 11) is 0. The molecule has 1 saturated heterocycles. The van der Waals surface area contributed by atoms with Crippen LogP contribution in [0.25, 0.3) is 0 Å². The molecule has 2 rings (SSSR count). The second kappa shape index (κ2) is 16.2. The summed E-state index contributed by atoms with van der Waals surface area (Å²) in [6.45, 7) is 12.8. The molecule has 1 aliphatic rings. The van der Waals surface area contributed by atoms with Crippen LogP contribution in [0.2, 0.25) is 0 Å². The van der Waals surface area contributed by atoms with Crippen molar-refractivity contribution in [1.82, 2.24) is 4.90 Å². The molecule has 0 aliphatic carbocycles. The third-order valence-electron chi connectivity index (χ3n) is 6.22. The molecule has 0 spiro atoms. The molecular formula is C27H46N2O. The average Bonchev–Trinajstić information content (AvgIpc) is 2.79. The smallest absolute Gasteiger partial charge is 0.119 e. The second-order valence-corrected chi connectivity index (χ2v) is 8.78. The molecule has 0 atom stereocenters. The van der Waals surface area contributed by atoms with Gasteiger partial charge in [0.05, 0.1) is 6.61 Å². The Morgan fingerprint density at radius 3 is 2.13 bits per heavy atom. The summed E-state index contributed by atoms with van der Waals surface area (Å²) in [6.07, 6.45) is 17.8. The van der Waals surface area contributed by atoms with E-state index in [4.69, 9.17) is 4.74 Å². The lowest BCUT2D eigenvalue weighted by molar-refractivity contribution is 0.252. The van der Waals surface area contributed by atoms with Crippen LogP contribution in [0.5, 0.6) is 5.75 Å². The predicted molar refractivity (Wildman–Crippen MR) is 132 cm³/mol. The van der Waals surface area contributed by atoms with Gasteiger partial charge in [0.2, 0.25) is 0 Å². The van der Waals surface area contributed by atoms with E-state index in [-0.39, 0.29) is 0 Å². The molecule has 1 aliphatic heterocycles. The predicted octanol–water partition coefficient (Wildman–Crippen LogP) is 7.07. The maximum atomic E-state index is 5.93. The van der Waals surface area contributed by atoms with Crippen molar-refractivity contribution in [1.29, 1.82) is 0 Å². The number of piperazine rings is 1. The minimum atomic E-state index is 0.831. The molecule has 0 amide bonds. The van der Waals surface area contributed by atoms with Crippen LogP contribution in [-0.4, -0.2) is 44.2 Å². The molecule has 170 valence electrons. The Balaban J connectivity index is 1.54. The first-order valence-corrected chi connectivity index (χ1v) is 12.6. The van der Waals surface area contributed by atoms with Crippen molar-refractivity contribution < 1.29 is 4.74 Å². The lowest BCUT2D eigenvalue weighted by atomic mass is 10.1. The Bertz CT molecular complexity index is 534. The van der Waals surface area contributed by atoms with E-state index in [2.05, 4.69) is 47.6 Å². The first kappa shape index (κ1) is 24.8. The molecule has 30 heavy (non-hydrogen) atoms. The summed E-state index contributed by atoms with van der Waals surface area (Å²) < 4.78 is 5.93. The summed E-state index contributed by atoms with van der Waals surface area (Å²) in [5, 5.41) is 0. The summed E-state index contributed by atoms with van der Waals surface area (Å²) in [4.78, 5) is 5.16. The van der Waals surface area contributed by atoms with Crippen LogP contribution in [0.4, 0.5) is 5.69 Å². The number of benzene rings is 1. The molecule has 1 heterocycles. The first-order chi connectivity index (χ1) is 14.8. The standard InChI is InChI=1S/C27H46N2O/c1-3-5-7-9-11-13-15-25-30-27-18-16-26(17-19-27)29-23-21-28(22-24-29)20-14-12-10-8-6-4-2/h3,16-19H,1,4-15,20-25H2,2H3. The van der Waals surface area contributed by atoms with Crippen LogP contribution in [0.1, 0.15) is 84.0 Å². The lowest BCUT2D eigenvalue weighted by Gasteiger charge is -2.36. The number of rotatable bonds is 17. The van der Waals surface area contributed by atoms with Gasteiger partial charge < -0.3 is 9.64 Å². The third kappa shape index (κ3) is 10.5. The van der Waals surface area contributed by atoms with Crippen LogP contribution < -0.4 is 9.64 Å². The van der Waals surface area contributed by atoms with Gasteiger partial charge in [0.25, 0.3) is 0 Å². The van der Waals surface area contributed by atoms with E-state index >= 15 is 0 Å². The van der Waals surface area contributed by atoms with Gasteiger partial charge in [0.15, 0.2) is 0 Å². The van der Waals surface area contributed by atoms with Gasteiger partial charge in [-0.15, -0.1) is 6.58 Å². The van der Waals surface area contributed by atoms with Gasteiger partial charge in [0, 0.05) is 31.9 Å². The highest BCUT2D eigenvalue weighted by Gasteiger charge is 2.16. The van der Waals surface area contributed by atoms with Gasteiger partial charge in [-0.05, 0) is 56.5 Å². The molecule has 0 unspecified atom stereocenters. The largest absolute Gasteiger partial charge is 0.494 e. The fourth-order valence-corrected chi connectivity index (χ4v) is 4.21. The molecule has 1 aromatic rings. The normalized spacial score (nSPS) is 14.8. The van der Waals surface area contributed by atoms with Crippen molar-refractivity contribution in [3.8, 4) is 5.75 Å². The fourth-order valence-electron chi connectivity index (χ4n) is 4.21. The monoisotopic (exact) mass is 414 g/mol. The van der Waals surface area contributed by atoms with Gasteiger partial charge in [-0.25, -0.2) is 0 Å². The van der Waals surface area contributed by atoms with E-state index in [1.165, 1.54) is 89.5 Å². The zero-order chi connectivity index (χ0) is 21.3. The Kier molecular flexibility index (Phi) is 13.4. The molecule has 0 bridgehead atoms. The van der Waals surface area contributed by atoms with E-state index in [0.29, 0.717) is 0 Å². The minimum absolute atomic E-state index is 0.831. The zero-order valence-electron chi connectivity index (χ0n) is 19.6. The number of ether oxygens (including phenoxy) is 1. The zero-order valence-corrected chi connectivity index (χ0v) is 19.6. The van der Waals surface area contributed by atoms with Crippen molar-refractivity contribution in [2.45, 2.75) is 84.0 Å². The van der Waals surface area contributed by atoms with Crippen molar-refractivity contribution in [2.75, 3.05) is 44.2 Å². The van der Waals surface area contributed by atoms with Crippen LogP contribution >= 0.6 is 0 Å². The average molecular weight is 415 g/mol. The highest BCUT2D eigenvalue weighted by Crippen LogP contribution is 2.21. The van der Waals surface area contributed by atoms with E-state index in [1.54, 1.807) is 0 Å². The Hall–Kier alpha value is -1.48. The first-order valence-electron chi connectivity index (χ1n) is 12.6. The highest BCUT2D eigenvalue weighted by atomic mass is 16.5. The quantitative estimate of drug-likeness (QED) is 0.200. The molecule has 1 fully saturated rings. The van der Waals surface area contributed by atoms with Gasteiger partial charge in [-0.2, -0.15) is 0 Å². The van der Waals surface area contributed by atoms with Crippen molar-refractivity contribution >= 4 is 5.69 Å². The molecule has 0 saturated carbocycles. The molecular weight excluding hydrogens is 368 g/mol. The Morgan fingerprint density at radius 1 is 0.800 bits per heavy atom. The van der Waals surface area contributed by atoms with Crippen LogP contribution in [0.3, 0.4) is 0 Å². The van der Waals surface area contributed by atoms with E-state index in [9.17, 15) is 0 Å². The number of hydrogen-bond acceptors (Lipinski definition) is 3. The highest BCUT2D eigenvalue weighted by molar-refractivity contribution is 5.49. The molecule has 0 aromatic heterocycles. The van der Waals surface area contributed by atoms with Crippen LogP contribution in [0.15, 0.2) is 36.9 Å². The summed E-state index contributed by atoms with van der Waals surface area (Å²) in [5.74, 6) is 1.01. The SMILES string of the molecule is C=CCCCCCCCOc1ccc(N2CCN(CCCCCCCC)CC2)cc1. The number of allylic oxidation sites excluding steroid dienone is 1. The van der Waals surface area contributed by atoms with Gasteiger partial charge in [-0.1, -0.05) is 64.4 Å². The topological polar surface area (TPSA) is 15.7 Å². The van der Waals surface area contributed by atoms with Crippen molar-refractivity contribution in [3.63, 3.8) is 0 Å². The van der Waals surface area contributed by atoms with Crippen molar-refractivity contribution in [2.24, 2.45) is 0 Å².